The van der Waals surface area contributed by atoms with Gasteiger partial charge in [0, 0.05) is 44.7 Å². The smallest absolute Gasteiger partial charge is 0.220 e. The summed E-state index contributed by atoms with van der Waals surface area (Å²) in [5, 5.41) is 9.01. The molecule has 0 aromatic rings. The average Bonchev–Trinajstić information content (AvgIpc) is 2.64. The first-order chi connectivity index (χ1) is 14.7. The molecule has 3 N–H and O–H groups in total. The Morgan fingerprint density at radius 3 is 1.84 bits per heavy atom. The number of rotatable bonds is 18. The predicted molar refractivity (Wildman–Crippen MR) is 132 cm³/mol. The predicted octanol–water partition coefficient (Wildman–Crippen LogP) is 3.80. The van der Waals surface area contributed by atoms with E-state index < -0.39 is 5.60 Å². The van der Waals surface area contributed by atoms with Crippen LogP contribution in [-0.4, -0.2) is 61.9 Å². The summed E-state index contributed by atoms with van der Waals surface area (Å²) in [5.74, 6) is 0.691. The van der Waals surface area contributed by atoms with Crippen LogP contribution < -0.4 is 16.0 Å². The van der Waals surface area contributed by atoms with Gasteiger partial charge in [-0.15, -0.1) is 0 Å². The molecule has 0 saturated heterocycles. The Morgan fingerprint density at radius 2 is 1.31 bits per heavy atom. The summed E-state index contributed by atoms with van der Waals surface area (Å²) in [4.78, 5) is 24.4. The third-order valence-electron chi connectivity index (χ3n) is 5.49. The van der Waals surface area contributed by atoms with Crippen LogP contribution in [0.4, 0.5) is 0 Å². The van der Waals surface area contributed by atoms with E-state index in [1.807, 2.05) is 48.6 Å². The molecule has 0 saturated carbocycles. The quantitative estimate of drug-likeness (QED) is 0.272. The molecular weight excluding hydrogens is 406 g/mol. The molecular formula is C25H51N3O4. The van der Waals surface area contributed by atoms with Gasteiger partial charge in [0.05, 0.1) is 11.2 Å². The minimum absolute atomic E-state index is 0.0352. The zero-order valence-electron chi connectivity index (χ0n) is 22.3. The summed E-state index contributed by atoms with van der Waals surface area (Å²) in [7, 11) is 1.86. The normalized spacial score (nSPS) is 12.8. The summed E-state index contributed by atoms with van der Waals surface area (Å²) in [6, 6.07) is 0. The summed E-state index contributed by atoms with van der Waals surface area (Å²) >= 11 is 0. The molecule has 0 aliphatic carbocycles. The number of carbonyl (C=O) groups is 2. The van der Waals surface area contributed by atoms with Crippen molar-refractivity contribution < 1.29 is 19.1 Å². The first-order valence-corrected chi connectivity index (χ1v) is 12.2. The Bertz CT molecular complexity index is 545. The number of likely N-dealkylation sites (N-methyl/N-ethyl adjacent to an activating group) is 1. The minimum Gasteiger partial charge on any atom is -0.376 e. The van der Waals surface area contributed by atoms with Crippen molar-refractivity contribution in [3.63, 3.8) is 0 Å². The molecule has 0 fully saturated rings. The van der Waals surface area contributed by atoms with E-state index in [0.29, 0.717) is 51.2 Å². The Hall–Kier alpha value is -1.18. The van der Waals surface area contributed by atoms with Gasteiger partial charge < -0.3 is 25.4 Å². The summed E-state index contributed by atoms with van der Waals surface area (Å²) < 4.78 is 12.0. The van der Waals surface area contributed by atoms with Gasteiger partial charge in [-0.2, -0.15) is 0 Å². The maximum Gasteiger partial charge on any atom is 0.220 e. The lowest BCUT2D eigenvalue weighted by Crippen LogP contribution is -2.45. The van der Waals surface area contributed by atoms with Gasteiger partial charge in [-0.25, -0.2) is 0 Å². The van der Waals surface area contributed by atoms with E-state index in [1.54, 1.807) is 0 Å². The van der Waals surface area contributed by atoms with Crippen molar-refractivity contribution in [2.45, 2.75) is 111 Å². The number of nitrogens with one attached hydrogen (secondary N) is 3. The highest BCUT2D eigenvalue weighted by molar-refractivity contribution is 5.76. The maximum absolute atomic E-state index is 12.5. The topological polar surface area (TPSA) is 88.7 Å². The molecule has 0 atom stereocenters. The van der Waals surface area contributed by atoms with Gasteiger partial charge in [0.25, 0.3) is 0 Å². The molecule has 0 heterocycles. The van der Waals surface area contributed by atoms with E-state index in [-0.39, 0.29) is 23.0 Å². The SMILES string of the molecule is CNCCNC(=O)CCC(C)(C)OCCC(C)(C)NC(=O)CCC(C)(C)OCCC(C)C. The second kappa shape index (κ2) is 14.9. The van der Waals surface area contributed by atoms with Crippen LogP contribution in [0.3, 0.4) is 0 Å². The minimum atomic E-state index is -0.391. The van der Waals surface area contributed by atoms with Gasteiger partial charge in [0.15, 0.2) is 0 Å². The van der Waals surface area contributed by atoms with Gasteiger partial charge in [-0.1, -0.05) is 13.8 Å². The van der Waals surface area contributed by atoms with Crippen molar-refractivity contribution in [2.24, 2.45) is 5.92 Å². The number of hydrogen-bond donors (Lipinski definition) is 3. The first-order valence-electron chi connectivity index (χ1n) is 12.2. The Morgan fingerprint density at radius 1 is 0.781 bits per heavy atom. The van der Waals surface area contributed by atoms with Gasteiger partial charge >= 0.3 is 0 Å². The summed E-state index contributed by atoms with van der Waals surface area (Å²) in [6.45, 7) is 19.1. The van der Waals surface area contributed by atoms with Crippen molar-refractivity contribution in [3.8, 4) is 0 Å². The fraction of sp³-hybridized carbons (Fsp3) is 0.920. The molecule has 2 amide bonds. The van der Waals surface area contributed by atoms with Crippen LogP contribution in [0.25, 0.3) is 0 Å². The van der Waals surface area contributed by atoms with Crippen molar-refractivity contribution in [1.82, 2.24) is 16.0 Å². The zero-order valence-corrected chi connectivity index (χ0v) is 22.3. The van der Waals surface area contributed by atoms with Crippen LogP contribution in [0.15, 0.2) is 0 Å². The molecule has 0 bridgehead atoms. The largest absolute Gasteiger partial charge is 0.376 e. The summed E-state index contributed by atoms with van der Waals surface area (Å²) in [5.41, 5.74) is -1.05. The second-order valence-corrected chi connectivity index (χ2v) is 11.0. The molecule has 32 heavy (non-hydrogen) atoms. The lowest BCUT2D eigenvalue weighted by molar-refractivity contribution is -0.125. The Kier molecular flexibility index (Phi) is 14.3. The first kappa shape index (κ1) is 30.8. The number of hydrogen-bond acceptors (Lipinski definition) is 5. The fourth-order valence-electron chi connectivity index (χ4n) is 3.04. The van der Waals surface area contributed by atoms with E-state index in [1.165, 1.54) is 0 Å². The van der Waals surface area contributed by atoms with Crippen LogP contribution in [0, 0.1) is 5.92 Å². The van der Waals surface area contributed by atoms with E-state index >= 15 is 0 Å². The number of amides is 2. The van der Waals surface area contributed by atoms with Crippen LogP contribution in [-0.2, 0) is 19.1 Å². The van der Waals surface area contributed by atoms with E-state index in [2.05, 4.69) is 29.8 Å². The van der Waals surface area contributed by atoms with E-state index in [9.17, 15) is 9.59 Å². The molecule has 7 heteroatoms. The molecule has 0 aromatic heterocycles. The van der Waals surface area contributed by atoms with E-state index in [0.717, 1.165) is 19.6 Å². The van der Waals surface area contributed by atoms with Crippen LogP contribution >= 0.6 is 0 Å². The maximum atomic E-state index is 12.5. The fourth-order valence-corrected chi connectivity index (χ4v) is 3.04. The van der Waals surface area contributed by atoms with Gasteiger partial charge in [0.1, 0.15) is 0 Å². The number of carbonyl (C=O) groups excluding carboxylic acids is 2. The molecule has 190 valence electrons. The monoisotopic (exact) mass is 457 g/mol. The Labute approximate surface area is 197 Å². The van der Waals surface area contributed by atoms with E-state index in [4.69, 9.17) is 9.47 Å². The highest BCUT2D eigenvalue weighted by Crippen LogP contribution is 2.21. The van der Waals surface area contributed by atoms with Crippen LogP contribution in [0.1, 0.15) is 93.9 Å². The molecule has 7 nitrogen and oxygen atoms in total. The molecule has 0 spiro atoms. The highest BCUT2D eigenvalue weighted by Gasteiger charge is 2.26. The van der Waals surface area contributed by atoms with Crippen molar-refractivity contribution in [2.75, 3.05) is 33.4 Å². The van der Waals surface area contributed by atoms with Crippen molar-refractivity contribution in [1.29, 1.82) is 0 Å². The zero-order chi connectivity index (χ0) is 24.8. The average molecular weight is 458 g/mol. The summed E-state index contributed by atoms with van der Waals surface area (Å²) in [6.07, 6.45) is 3.94. The third kappa shape index (κ3) is 17.4. The molecule has 0 aromatic carbocycles. The molecule has 0 aliphatic heterocycles. The van der Waals surface area contributed by atoms with Crippen molar-refractivity contribution >= 4 is 11.8 Å². The van der Waals surface area contributed by atoms with Gasteiger partial charge in [-0.3, -0.25) is 9.59 Å². The van der Waals surface area contributed by atoms with Crippen LogP contribution in [0.5, 0.6) is 0 Å². The molecule has 0 radical (unpaired) electrons. The molecule has 0 unspecified atom stereocenters. The van der Waals surface area contributed by atoms with Crippen molar-refractivity contribution in [3.05, 3.63) is 0 Å². The molecule has 0 aliphatic rings. The highest BCUT2D eigenvalue weighted by atomic mass is 16.5. The van der Waals surface area contributed by atoms with Crippen LogP contribution in [0.2, 0.25) is 0 Å². The lowest BCUT2D eigenvalue weighted by Gasteiger charge is -2.31. The Balaban J connectivity index is 4.23. The number of ether oxygens (including phenoxy) is 2. The van der Waals surface area contributed by atoms with Gasteiger partial charge in [-0.05, 0) is 80.2 Å². The lowest BCUT2D eigenvalue weighted by atomic mass is 9.98. The second-order valence-electron chi connectivity index (χ2n) is 11.0. The van der Waals surface area contributed by atoms with Gasteiger partial charge in [0.2, 0.25) is 11.8 Å². The third-order valence-corrected chi connectivity index (χ3v) is 5.49. The standard InChI is InChI=1S/C25H51N3O4/c1-20(2)12-18-31-24(5,6)14-11-22(30)28-23(3,4)15-19-32-25(7,8)13-10-21(29)27-17-16-26-9/h20,26H,10-19H2,1-9H3,(H,27,29)(H,28,30). The molecule has 0 rings (SSSR count).